The molecule has 14 heavy (non-hydrogen) atoms. The molecule has 0 saturated carbocycles. The Morgan fingerprint density at radius 2 is 2.29 bits per heavy atom. The number of rotatable bonds is 3. The highest BCUT2D eigenvalue weighted by atomic mass is 15.2. The minimum Gasteiger partial charge on any atom is -0.356 e. The molecular formula is C11H17N3. The third-order valence-corrected chi connectivity index (χ3v) is 2.87. The van der Waals surface area contributed by atoms with Crippen LogP contribution in [0, 0.1) is 0 Å². The molecule has 0 bridgehead atoms. The van der Waals surface area contributed by atoms with E-state index in [1.165, 1.54) is 12.0 Å². The molecule has 1 aromatic heterocycles. The molecule has 2 heterocycles. The molecule has 0 aromatic carbocycles. The monoisotopic (exact) mass is 191 g/mol. The maximum Gasteiger partial charge on any atom is 0.133 e. The Bertz CT molecular complexity index is 283. The minimum atomic E-state index is 0.374. The van der Waals surface area contributed by atoms with Crippen LogP contribution in [0.1, 0.15) is 24.9 Å². The van der Waals surface area contributed by atoms with Gasteiger partial charge in [0.1, 0.15) is 5.82 Å². The summed E-state index contributed by atoms with van der Waals surface area (Å²) in [6.45, 7) is 4.47. The maximum absolute atomic E-state index is 4.46. The molecule has 1 N–H and O–H groups in total. The normalized spacial score (nSPS) is 17.7. The zero-order chi connectivity index (χ0) is 9.97. The van der Waals surface area contributed by atoms with Crippen molar-refractivity contribution in [3.63, 3.8) is 0 Å². The predicted molar refractivity (Wildman–Crippen MR) is 58.5 cm³/mol. The highest BCUT2D eigenvalue weighted by Crippen LogP contribution is 2.26. The zero-order valence-electron chi connectivity index (χ0n) is 8.83. The fourth-order valence-corrected chi connectivity index (χ4v) is 1.70. The first-order valence-corrected chi connectivity index (χ1v) is 5.20. The topological polar surface area (TPSA) is 28.2 Å². The molecule has 0 aliphatic carbocycles. The summed E-state index contributed by atoms with van der Waals surface area (Å²) in [5, 5.41) is 3.26. The van der Waals surface area contributed by atoms with E-state index in [1.807, 2.05) is 19.3 Å². The first-order valence-electron chi connectivity index (χ1n) is 5.20. The first kappa shape index (κ1) is 9.46. The van der Waals surface area contributed by atoms with E-state index in [1.54, 1.807) is 0 Å². The summed E-state index contributed by atoms with van der Waals surface area (Å²) in [7, 11) is 1.98. The van der Waals surface area contributed by atoms with Crippen LogP contribution in [-0.4, -0.2) is 25.1 Å². The van der Waals surface area contributed by atoms with Crippen LogP contribution in [-0.2, 0) is 0 Å². The number of nitrogens with zero attached hydrogens (tertiary/aromatic N) is 2. The lowest BCUT2D eigenvalue weighted by Gasteiger charge is -2.34. The molecule has 0 radical (unpaired) electrons. The smallest absolute Gasteiger partial charge is 0.133 e. The highest BCUT2D eigenvalue weighted by molar-refractivity contribution is 5.49. The Kier molecular flexibility index (Phi) is 2.68. The van der Waals surface area contributed by atoms with E-state index in [-0.39, 0.29) is 0 Å². The third kappa shape index (κ3) is 1.60. The molecule has 1 aliphatic heterocycles. The number of nitrogens with one attached hydrogen (secondary N) is 1. The van der Waals surface area contributed by atoms with E-state index < -0.39 is 0 Å². The number of anilines is 1. The van der Waals surface area contributed by atoms with Crippen molar-refractivity contribution in [1.82, 2.24) is 10.3 Å². The molecule has 1 fully saturated rings. The minimum absolute atomic E-state index is 0.374. The van der Waals surface area contributed by atoms with Gasteiger partial charge in [0.05, 0.1) is 0 Å². The van der Waals surface area contributed by atoms with Crippen LogP contribution in [0.15, 0.2) is 18.3 Å². The molecule has 1 atom stereocenters. The van der Waals surface area contributed by atoms with Crippen molar-refractivity contribution >= 4 is 5.82 Å². The van der Waals surface area contributed by atoms with Gasteiger partial charge in [-0.05, 0) is 26.5 Å². The van der Waals surface area contributed by atoms with Crippen molar-refractivity contribution in [3.05, 3.63) is 23.9 Å². The van der Waals surface area contributed by atoms with E-state index in [0.29, 0.717) is 6.04 Å². The number of hydrogen-bond donors (Lipinski definition) is 1. The Balaban J connectivity index is 2.27. The first-order chi connectivity index (χ1) is 6.83. The van der Waals surface area contributed by atoms with Crippen molar-refractivity contribution in [2.75, 3.05) is 25.0 Å². The zero-order valence-corrected chi connectivity index (χ0v) is 8.83. The number of hydrogen-bond acceptors (Lipinski definition) is 3. The third-order valence-electron chi connectivity index (χ3n) is 2.87. The summed E-state index contributed by atoms with van der Waals surface area (Å²) < 4.78 is 0. The SMILES string of the molecule is CNC(C)c1cccnc1N1CCC1. The molecule has 0 amide bonds. The van der Waals surface area contributed by atoms with E-state index in [9.17, 15) is 0 Å². The Morgan fingerprint density at radius 3 is 2.86 bits per heavy atom. The van der Waals surface area contributed by atoms with Crippen molar-refractivity contribution in [3.8, 4) is 0 Å². The van der Waals surface area contributed by atoms with Gasteiger partial charge in [-0.15, -0.1) is 0 Å². The van der Waals surface area contributed by atoms with Gasteiger partial charge in [-0.3, -0.25) is 0 Å². The quantitative estimate of drug-likeness (QED) is 0.786. The van der Waals surface area contributed by atoms with Gasteiger partial charge in [-0.1, -0.05) is 6.07 Å². The number of pyridine rings is 1. The lowest BCUT2D eigenvalue weighted by atomic mass is 10.1. The van der Waals surface area contributed by atoms with Gasteiger partial charge >= 0.3 is 0 Å². The lowest BCUT2D eigenvalue weighted by Crippen LogP contribution is -2.38. The number of aromatic nitrogens is 1. The summed E-state index contributed by atoms with van der Waals surface area (Å²) in [6, 6.07) is 4.54. The average Bonchev–Trinajstić information content (AvgIpc) is 2.15. The van der Waals surface area contributed by atoms with E-state index in [2.05, 4.69) is 28.2 Å². The summed E-state index contributed by atoms with van der Waals surface area (Å²) in [4.78, 5) is 6.79. The molecular weight excluding hydrogens is 174 g/mol. The maximum atomic E-state index is 4.46. The largest absolute Gasteiger partial charge is 0.356 e. The van der Waals surface area contributed by atoms with Gasteiger partial charge < -0.3 is 10.2 Å². The van der Waals surface area contributed by atoms with Crippen molar-refractivity contribution in [2.45, 2.75) is 19.4 Å². The molecule has 1 aromatic rings. The van der Waals surface area contributed by atoms with Gasteiger partial charge in [-0.2, -0.15) is 0 Å². The molecule has 2 rings (SSSR count). The van der Waals surface area contributed by atoms with Crippen LogP contribution in [0.4, 0.5) is 5.82 Å². The average molecular weight is 191 g/mol. The Morgan fingerprint density at radius 1 is 1.50 bits per heavy atom. The van der Waals surface area contributed by atoms with Crippen LogP contribution in [0.3, 0.4) is 0 Å². The Hall–Kier alpha value is -1.09. The molecule has 1 saturated heterocycles. The van der Waals surface area contributed by atoms with Crippen molar-refractivity contribution in [1.29, 1.82) is 0 Å². The van der Waals surface area contributed by atoms with Gasteiger partial charge in [0, 0.05) is 30.9 Å². The summed E-state index contributed by atoms with van der Waals surface area (Å²) >= 11 is 0. The Labute approximate surface area is 85.1 Å². The summed E-state index contributed by atoms with van der Waals surface area (Å²) in [5.41, 5.74) is 1.30. The fourth-order valence-electron chi connectivity index (χ4n) is 1.70. The fraction of sp³-hybridized carbons (Fsp3) is 0.545. The predicted octanol–water partition coefficient (Wildman–Crippen LogP) is 1.57. The molecule has 3 heteroatoms. The van der Waals surface area contributed by atoms with Crippen LogP contribution in [0.2, 0.25) is 0 Å². The summed E-state index contributed by atoms with van der Waals surface area (Å²) in [6.07, 6.45) is 3.17. The molecule has 76 valence electrons. The van der Waals surface area contributed by atoms with E-state index in [4.69, 9.17) is 0 Å². The summed E-state index contributed by atoms with van der Waals surface area (Å²) in [5.74, 6) is 1.15. The van der Waals surface area contributed by atoms with Crippen LogP contribution < -0.4 is 10.2 Å². The van der Waals surface area contributed by atoms with Crippen LogP contribution >= 0.6 is 0 Å². The van der Waals surface area contributed by atoms with Gasteiger partial charge in [0.15, 0.2) is 0 Å². The van der Waals surface area contributed by atoms with Gasteiger partial charge in [0.25, 0.3) is 0 Å². The standard InChI is InChI=1S/C11H17N3/c1-9(12-2)10-5-3-6-13-11(10)14-7-4-8-14/h3,5-6,9,12H,4,7-8H2,1-2H3. The van der Waals surface area contributed by atoms with E-state index >= 15 is 0 Å². The second-order valence-electron chi connectivity index (χ2n) is 3.77. The second kappa shape index (κ2) is 3.96. The van der Waals surface area contributed by atoms with Crippen molar-refractivity contribution < 1.29 is 0 Å². The van der Waals surface area contributed by atoms with Gasteiger partial charge in [-0.25, -0.2) is 4.98 Å². The van der Waals surface area contributed by atoms with Crippen molar-refractivity contribution in [2.24, 2.45) is 0 Å². The van der Waals surface area contributed by atoms with E-state index in [0.717, 1.165) is 18.9 Å². The molecule has 3 nitrogen and oxygen atoms in total. The lowest BCUT2D eigenvalue weighted by molar-refractivity contribution is 0.589. The second-order valence-corrected chi connectivity index (χ2v) is 3.77. The molecule has 1 aliphatic rings. The van der Waals surface area contributed by atoms with Crippen LogP contribution in [0.5, 0.6) is 0 Å². The molecule has 1 unspecified atom stereocenters. The molecule has 0 spiro atoms. The van der Waals surface area contributed by atoms with Gasteiger partial charge in [0.2, 0.25) is 0 Å². The van der Waals surface area contributed by atoms with Crippen LogP contribution in [0.25, 0.3) is 0 Å². The highest BCUT2D eigenvalue weighted by Gasteiger charge is 2.20.